The van der Waals surface area contributed by atoms with Crippen LogP contribution >= 0.6 is 0 Å². The minimum Gasteiger partial charge on any atom is -0.508 e. The number of carbonyl (C=O) groups excluding carboxylic acids is 3. The van der Waals surface area contributed by atoms with Crippen LogP contribution in [-0.4, -0.2) is 68.5 Å². The molecule has 31 heavy (non-hydrogen) atoms. The van der Waals surface area contributed by atoms with Gasteiger partial charge in [0.2, 0.25) is 5.78 Å². The number of aromatic hydroxyl groups is 1. The summed E-state index contributed by atoms with van der Waals surface area (Å²) in [4.78, 5) is 39.8. The quantitative estimate of drug-likeness (QED) is 0.205. The molecule has 1 aromatic rings. The van der Waals surface area contributed by atoms with Gasteiger partial charge in [-0.05, 0) is 44.5 Å². The summed E-state index contributed by atoms with van der Waals surface area (Å²) in [5, 5.41) is 43.4. The Hall–Kier alpha value is -3.37. The fraction of sp³-hybridized carbons (Fsp3) is 0.381. The number of fused-ring (bicyclic) bond motifs is 3. The van der Waals surface area contributed by atoms with Crippen molar-refractivity contribution in [2.24, 2.45) is 17.6 Å². The van der Waals surface area contributed by atoms with Gasteiger partial charge in [-0.2, -0.15) is 0 Å². The molecule has 164 valence electrons. The normalized spacial score (nSPS) is 30.3. The van der Waals surface area contributed by atoms with E-state index >= 15 is 0 Å². The van der Waals surface area contributed by atoms with Gasteiger partial charge < -0.3 is 31.9 Å². The molecule has 8 N–H and O–H groups in total. The number of hydrogen-bond acceptors (Lipinski definition) is 9. The Kier molecular flexibility index (Phi) is 4.42. The maximum atomic E-state index is 13.5. The summed E-state index contributed by atoms with van der Waals surface area (Å²) < 4.78 is 0. The molecular formula is C21H23N3O7. The smallest absolute Gasteiger partial charge is 0.255 e. The van der Waals surface area contributed by atoms with E-state index in [1.54, 1.807) is 20.2 Å². The Morgan fingerprint density at radius 1 is 1.19 bits per heavy atom. The van der Waals surface area contributed by atoms with Crippen molar-refractivity contribution in [2.75, 3.05) is 19.8 Å². The number of carbonyl (C=O) groups is 3. The maximum Gasteiger partial charge on any atom is 0.255 e. The predicted octanol–water partition coefficient (Wildman–Crippen LogP) is -0.454. The highest BCUT2D eigenvalue weighted by Crippen LogP contribution is 2.52. The van der Waals surface area contributed by atoms with E-state index in [1.165, 1.54) is 11.0 Å². The first-order valence-corrected chi connectivity index (χ1v) is 9.68. The van der Waals surface area contributed by atoms with Crippen LogP contribution in [0.1, 0.15) is 17.5 Å². The van der Waals surface area contributed by atoms with Gasteiger partial charge >= 0.3 is 0 Å². The van der Waals surface area contributed by atoms with Crippen LogP contribution < -0.4 is 11.5 Å². The van der Waals surface area contributed by atoms with Crippen molar-refractivity contribution in [1.29, 1.82) is 0 Å². The lowest BCUT2D eigenvalue weighted by molar-refractivity contribution is -0.153. The predicted molar refractivity (Wildman–Crippen MR) is 109 cm³/mol. The third kappa shape index (κ3) is 2.55. The number of rotatable bonds is 2. The van der Waals surface area contributed by atoms with Gasteiger partial charge in [-0.1, -0.05) is 6.07 Å². The Bertz CT molecular complexity index is 1120. The van der Waals surface area contributed by atoms with Crippen LogP contribution in [0.2, 0.25) is 0 Å². The number of primary amides is 1. The summed E-state index contributed by atoms with van der Waals surface area (Å²) in [5.74, 6) is -6.84. The molecule has 10 nitrogen and oxygen atoms in total. The van der Waals surface area contributed by atoms with E-state index in [0.717, 1.165) is 0 Å². The zero-order valence-electron chi connectivity index (χ0n) is 16.9. The molecule has 4 atom stereocenters. The highest BCUT2D eigenvalue weighted by Gasteiger charge is 2.64. The molecule has 3 aliphatic carbocycles. The Morgan fingerprint density at radius 3 is 2.42 bits per heavy atom. The molecule has 3 aliphatic rings. The minimum absolute atomic E-state index is 0.00103. The summed E-state index contributed by atoms with van der Waals surface area (Å²) in [6.45, 7) is 0. The molecule has 0 aliphatic heterocycles. The zero-order chi connectivity index (χ0) is 23.0. The average molecular weight is 429 g/mol. The van der Waals surface area contributed by atoms with Crippen LogP contribution in [0.15, 0.2) is 29.0 Å². The van der Waals surface area contributed by atoms with Crippen LogP contribution in [0.25, 0.3) is 5.76 Å². The standard InChI is InChI=1S/C21H23N3O7/c1-24(2)14-9-6-8-5-7-3-4-10(22)15(25)11(7)16(26)12(8)18(28)21(9,31)19(29)13(17(14)27)20(23)30/h3-4,8-9,14,25-26,29,31H,5-6,22H2,1-2H3,(H2,23,30)/t8-,9+,14+,21+/m1/s1. The molecule has 1 fully saturated rings. The van der Waals surface area contributed by atoms with Crippen LogP contribution in [0.4, 0.5) is 5.69 Å². The van der Waals surface area contributed by atoms with Crippen LogP contribution in [-0.2, 0) is 20.8 Å². The molecule has 0 unspecified atom stereocenters. The number of Topliss-reactive ketones (excluding diaryl/α,β-unsaturated/α-hetero) is 2. The molecule has 0 radical (unpaired) electrons. The van der Waals surface area contributed by atoms with E-state index in [4.69, 9.17) is 11.5 Å². The number of nitrogens with two attached hydrogens (primary N) is 2. The van der Waals surface area contributed by atoms with Gasteiger partial charge in [0.05, 0.1) is 17.3 Å². The molecule has 0 heterocycles. The lowest BCUT2D eigenvalue weighted by atomic mass is 9.57. The average Bonchev–Trinajstić information content (AvgIpc) is 2.67. The van der Waals surface area contributed by atoms with E-state index in [2.05, 4.69) is 0 Å². The third-order valence-electron chi connectivity index (χ3n) is 6.62. The van der Waals surface area contributed by atoms with Crippen molar-refractivity contribution in [3.8, 4) is 5.75 Å². The number of benzene rings is 1. The first-order chi connectivity index (χ1) is 14.4. The van der Waals surface area contributed by atoms with Gasteiger partial charge in [0.25, 0.3) is 5.91 Å². The number of nitrogen functional groups attached to an aromatic ring is 1. The highest BCUT2D eigenvalue weighted by molar-refractivity contribution is 6.24. The van der Waals surface area contributed by atoms with Crippen LogP contribution in [0.3, 0.4) is 0 Å². The van der Waals surface area contributed by atoms with Crippen molar-refractivity contribution >= 4 is 28.9 Å². The van der Waals surface area contributed by atoms with E-state index in [0.29, 0.717) is 5.56 Å². The van der Waals surface area contributed by atoms with E-state index < -0.39 is 63.8 Å². The Balaban J connectivity index is 1.98. The van der Waals surface area contributed by atoms with E-state index in [9.17, 15) is 34.8 Å². The number of phenols is 1. The monoisotopic (exact) mass is 429 g/mol. The van der Waals surface area contributed by atoms with Crippen LogP contribution in [0.5, 0.6) is 5.75 Å². The largest absolute Gasteiger partial charge is 0.508 e. The first-order valence-electron chi connectivity index (χ1n) is 9.68. The fourth-order valence-corrected chi connectivity index (χ4v) is 5.23. The lowest BCUT2D eigenvalue weighted by Crippen LogP contribution is -2.65. The third-order valence-corrected chi connectivity index (χ3v) is 6.62. The Labute approximate surface area is 177 Å². The number of phenolic OH excluding ortho intramolecular Hbond substituents is 1. The van der Waals surface area contributed by atoms with Gasteiger partial charge in [-0.15, -0.1) is 0 Å². The molecule has 4 rings (SSSR count). The zero-order valence-corrected chi connectivity index (χ0v) is 16.9. The Morgan fingerprint density at radius 2 is 1.84 bits per heavy atom. The van der Waals surface area contributed by atoms with Crippen molar-refractivity contribution < 1.29 is 34.8 Å². The molecule has 0 saturated heterocycles. The number of aliphatic hydroxyl groups excluding tert-OH is 2. The second kappa shape index (κ2) is 6.56. The number of likely N-dealkylation sites (N-methyl/N-ethyl adjacent to an activating group) is 1. The summed E-state index contributed by atoms with van der Waals surface area (Å²) >= 11 is 0. The van der Waals surface area contributed by atoms with Gasteiger partial charge in [-0.3, -0.25) is 19.3 Å². The van der Waals surface area contributed by atoms with Crippen molar-refractivity contribution in [3.63, 3.8) is 0 Å². The number of aliphatic hydroxyl groups is 3. The van der Waals surface area contributed by atoms with Crippen molar-refractivity contribution in [1.82, 2.24) is 4.90 Å². The number of ketones is 2. The summed E-state index contributed by atoms with van der Waals surface area (Å²) in [5.41, 5.74) is 7.85. The van der Waals surface area contributed by atoms with Gasteiger partial charge in [0.15, 0.2) is 11.4 Å². The fourth-order valence-electron chi connectivity index (χ4n) is 5.23. The molecule has 0 aromatic heterocycles. The molecular weight excluding hydrogens is 406 g/mol. The molecule has 1 saturated carbocycles. The van der Waals surface area contributed by atoms with Crippen molar-refractivity contribution in [3.05, 3.63) is 40.2 Å². The molecule has 0 bridgehead atoms. The van der Waals surface area contributed by atoms with Gasteiger partial charge in [0.1, 0.15) is 22.8 Å². The number of anilines is 1. The first kappa shape index (κ1) is 20.9. The number of nitrogens with zero attached hydrogens (tertiary/aromatic N) is 1. The van der Waals surface area contributed by atoms with Crippen LogP contribution in [0, 0.1) is 11.8 Å². The molecule has 0 spiro atoms. The number of amides is 1. The lowest BCUT2D eigenvalue weighted by Gasteiger charge is -2.50. The SMILES string of the molecule is CN(C)[C@@H]1C(=O)C(C(N)=O)=C(O)[C@@]2(O)C(=O)C3=C(O)c4c(ccc(N)c4O)C[C@@H]3C[C@@H]12. The maximum absolute atomic E-state index is 13.5. The summed E-state index contributed by atoms with van der Waals surface area (Å²) in [7, 11) is 3.10. The second-order valence-electron chi connectivity index (χ2n) is 8.50. The highest BCUT2D eigenvalue weighted by atomic mass is 16.3. The summed E-state index contributed by atoms with van der Waals surface area (Å²) in [6.07, 6.45) is 0.291. The molecule has 10 heteroatoms. The van der Waals surface area contributed by atoms with Gasteiger partial charge in [-0.25, -0.2) is 0 Å². The van der Waals surface area contributed by atoms with Gasteiger partial charge in [0, 0.05) is 11.5 Å². The summed E-state index contributed by atoms with van der Waals surface area (Å²) in [6, 6.07) is 2.01. The van der Waals surface area contributed by atoms with E-state index in [-0.39, 0.29) is 29.7 Å². The molecule has 1 aromatic carbocycles. The molecule has 1 amide bonds. The second-order valence-corrected chi connectivity index (χ2v) is 8.50. The topological polar surface area (TPSA) is 187 Å². The van der Waals surface area contributed by atoms with Crippen molar-refractivity contribution in [2.45, 2.75) is 24.5 Å². The minimum atomic E-state index is -2.64. The van der Waals surface area contributed by atoms with E-state index in [1.807, 2.05) is 0 Å². The number of hydrogen-bond donors (Lipinski definition) is 6.